The number of carbonyl (C=O) groups excluding carboxylic acids is 2. The van der Waals surface area contributed by atoms with Gasteiger partial charge in [0, 0.05) is 12.7 Å². The van der Waals surface area contributed by atoms with Crippen molar-refractivity contribution in [2.45, 2.75) is 0 Å². The Morgan fingerprint density at radius 3 is 2.31 bits per heavy atom. The number of primary amides is 1. The number of ether oxygens (including phenoxy) is 2. The normalized spacial score (nSPS) is 9.81. The molecule has 0 heterocycles. The number of Topliss-reactive ketones (excluding diaryl/α,β-unsaturated/α-hetero) is 1. The second-order valence-corrected chi connectivity index (χ2v) is 3.15. The summed E-state index contributed by atoms with van der Waals surface area (Å²) in [6.07, 6.45) is 0. The molecule has 5 nitrogen and oxygen atoms in total. The van der Waals surface area contributed by atoms with E-state index in [0.717, 1.165) is 0 Å². The number of amides is 1. The Hall–Kier alpha value is -1.88. The van der Waals surface area contributed by atoms with Crippen molar-refractivity contribution in [1.29, 1.82) is 0 Å². The fourth-order valence-electron chi connectivity index (χ4n) is 1.08. The molecule has 86 valence electrons. The van der Waals surface area contributed by atoms with Crippen LogP contribution < -0.4 is 10.5 Å². The number of hydrogen-bond donors (Lipinski definition) is 1. The molecule has 0 aliphatic heterocycles. The quantitative estimate of drug-likeness (QED) is 0.756. The van der Waals surface area contributed by atoms with Gasteiger partial charge >= 0.3 is 0 Å². The molecule has 1 rings (SSSR count). The van der Waals surface area contributed by atoms with Crippen LogP contribution in [0.2, 0.25) is 0 Å². The summed E-state index contributed by atoms with van der Waals surface area (Å²) < 4.78 is 9.83. The minimum atomic E-state index is -0.498. The molecule has 1 aromatic rings. The smallest absolute Gasteiger partial charge is 0.248 e. The summed E-state index contributed by atoms with van der Waals surface area (Å²) in [7, 11) is 1.44. The molecule has 0 unspecified atom stereocenters. The summed E-state index contributed by atoms with van der Waals surface area (Å²) in [6, 6.07) is 6.25. The molecule has 16 heavy (non-hydrogen) atoms. The summed E-state index contributed by atoms with van der Waals surface area (Å²) in [5, 5.41) is 0. The molecule has 0 aliphatic rings. The van der Waals surface area contributed by atoms with Crippen LogP contribution >= 0.6 is 0 Å². The lowest BCUT2D eigenvalue weighted by Crippen LogP contribution is -2.16. The summed E-state index contributed by atoms with van der Waals surface area (Å²) in [5.41, 5.74) is 5.47. The van der Waals surface area contributed by atoms with Gasteiger partial charge in [-0.1, -0.05) is 0 Å². The summed E-state index contributed by atoms with van der Waals surface area (Å²) in [6.45, 7) is -0.0247. The third-order valence-corrected chi connectivity index (χ3v) is 1.84. The molecule has 1 aromatic carbocycles. The van der Waals surface area contributed by atoms with Gasteiger partial charge in [0.15, 0.2) is 5.78 Å². The number of rotatable bonds is 6. The maximum Gasteiger partial charge on any atom is 0.248 e. The van der Waals surface area contributed by atoms with E-state index < -0.39 is 5.91 Å². The average molecular weight is 223 g/mol. The number of hydrogen-bond acceptors (Lipinski definition) is 4. The van der Waals surface area contributed by atoms with Gasteiger partial charge < -0.3 is 15.2 Å². The van der Waals surface area contributed by atoms with E-state index in [-0.39, 0.29) is 19.0 Å². The van der Waals surface area contributed by atoms with Crippen LogP contribution in [0.3, 0.4) is 0 Å². The predicted octanol–water partition coefficient (Wildman–Crippen LogP) is 0.380. The minimum absolute atomic E-state index is 0.0272. The lowest BCUT2D eigenvalue weighted by Gasteiger charge is -2.05. The summed E-state index contributed by atoms with van der Waals surface area (Å²) in [5.74, 6) is -0.141. The molecule has 0 atom stereocenters. The zero-order valence-electron chi connectivity index (χ0n) is 8.93. The Morgan fingerprint density at radius 1 is 1.19 bits per heavy atom. The van der Waals surface area contributed by atoms with Crippen LogP contribution in [0.25, 0.3) is 0 Å². The largest absolute Gasteiger partial charge is 0.486 e. The number of benzene rings is 1. The van der Waals surface area contributed by atoms with Crippen LogP contribution in [-0.4, -0.2) is 32.0 Å². The summed E-state index contributed by atoms with van der Waals surface area (Å²) >= 11 is 0. The van der Waals surface area contributed by atoms with E-state index in [0.29, 0.717) is 11.3 Å². The molecular formula is C11H13NO4. The highest BCUT2D eigenvalue weighted by atomic mass is 16.5. The molecule has 2 N–H and O–H groups in total. The predicted molar refractivity (Wildman–Crippen MR) is 57.3 cm³/mol. The highest BCUT2D eigenvalue weighted by Gasteiger charge is 2.03. The van der Waals surface area contributed by atoms with Gasteiger partial charge in [0.1, 0.15) is 19.0 Å². The van der Waals surface area contributed by atoms with Crippen LogP contribution in [0.4, 0.5) is 0 Å². The standard InChI is InChI=1S/C11H13NO4/c1-15-6-9(13)7-16-10-4-2-8(3-5-10)11(12)14/h2-5H,6-7H2,1H3,(H2,12,14). The van der Waals surface area contributed by atoms with E-state index in [1.807, 2.05) is 0 Å². The first-order valence-corrected chi connectivity index (χ1v) is 4.67. The van der Waals surface area contributed by atoms with Crippen LogP contribution in [0, 0.1) is 0 Å². The van der Waals surface area contributed by atoms with Crippen molar-refractivity contribution in [3.8, 4) is 5.75 Å². The Morgan fingerprint density at radius 2 is 1.81 bits per heavy atom. The highest BCUT2D eigenvalue weighted by Crippen LogP contribution is 2.11. The second kappa shape index (κ2) is 5.87. The first-order chi connectivity index (χ1) is 7.63. The van der Waals surface area contributed by atoms with Gasteiger partial charge in [0.2, 0.25) is 5.91 Å². The third-order valence-electron chi connectivity index (χ3n) is 1.84. The SMILES string of the molecule is COCC(=O)COc1ccc(C(N)=O)cc1. The molecule has 5 heteroatoms. The molecule has 0 saturated carbocycles. The molecule has 0 bridgehead atoms. The lowest BCUT2D eigenvalue weighted by atomic mass is 10.2. The van der Waals surface area contributed by atoms with Gasteiger partial charge in [-0.15, -0.1) is 0 Å². The Labute approximate surface area is 93.1 Å². The van der Waals surface area contributed by atoms with Crippen LogP contribution in [0.5, 0.6) is 5.75 Å². The number of ketones is 1. The van der Waals surface area contributed by atoms with E-state index in [1.165, 1.54) is 7.11 Å². The van der Waals surface area contributed by atoms with E-state index >= 15 is 0 Å². The molecule has 0 saturated heterocycles. The molecule has 0 spiro atoms. The zero-order chi connectivity index (χ0) is 12.0. The highest BCUT2D eigenvalue weighted by molar-refractivity contribution is 5.92. The van der Waals surface area contributed by atoms with Crippen LogP contribution in [0.15, 0.2) is 24.3 Å². The molecular weight excluding hydrogens is 210 g/mol. The molecule has 0 aliphatic carbocycles. The summed E-state index contributed by atoms with van der Waals surface area (Å²) in [4.78, 5) is 21.8. The lowest BCUT2D eigenvalue weighted by molar-refractivity contribution is -0.124. The van der Waals surface area contributed by atoms with E-state index in [9.17, 15) is 9.59 Å². The molecule has 0 fully saturated rings. The van der Waals surface area contributed by atoms with Crippen molar-refractivity contribution in [2.75, 3.05) is 20.3 Å². The average Bonchev–Trinajstić information content (AvgIpc) is 2.27. The Balaban J connectivity index is 2.49. The first kappa shape index (κ1) is 12.2. The van der Waals surface area contributed by atoms with Crippen molar-refractivity contribution in [3.63, 3.8) is 0 Å². The van der Waals surface area contributed by atoms with Gasteiger partial charge in [-0.25, -0.2) is 0 Å². The maximum absolute atomic E-state index is 11.1. The van der Waals surface area contributed by atoms with Gasteiger partial charge in [0.25, 0.3) is 0 Å². The van der Waals surface area contributed by atoms with Gasteiger partial charge in [-0.2, -0.15) is 0 Å². The van der Waals surface area contributed by atoms with Gasteiger partial charge in [0.05, 0.1) is 0 Å². The second-order valence-electron chi connectivity index (χ2n) is 3.15. The van der Waals surface area contributed by atoms with E-state index in [1.54, 1.807) is 24.3 Å². The number of carbonyl (C=O) groups is 2. The zero-order valence-corrected chi connectivity index (χ0v) is 8.93. The maximum atomic E-state index is 11.1. The molecule has 0 aromatic heterocycles. The fourth-order valence-corrected chi connectivity index (χ4v) is 1.08. The van der Waals surface area contributed by atoms with Gasteiger partial charge in [-0.3, -0.25) is 9.59 Å². The van der Waals surface area contributed by atoms with Crippen molar-refractivity contribution >= 4 is 11.7 Å². The molecule has 0 radical (unpaired) electrons. The van der Waals surface area contributed by atoms with Crippen LogP contribution in [0.1, 0.15) is 10.4 Å². The monoisotopic (exact) mass is 223 g/mol. The van der Waals surface area contributed by atoms with E-state index in [2.05, 4.69) is 4.74 Å². The fraction of sp³-hybridized carbons (Fsp3) is 0.273. The van der Waals surface area contributed by atoms with E-state index in [4.69, 9.17) is 10.5 Å². The topological polar surface area (TPSA) is 78.6 Å². The molecule has 1 amide bonds. The van der Waals surface area contributed by atoms with Crippen molar-refractivity contribution in [2.24, 2.45) is 5.73 Å². The Bertz CT molecular complexity index is 372. The van der Waals surface area contributed by atoms with Gasteiger partial charge in [-0.05, 0) is 24.3 Å². The van der Waals surface area contributed by atoms with Crippen LogP contribution in [-0.2, 0) is 9.53 Å². The third kappa shape index (κ3) is 3.70. The van der Waals surface area contributed by atoms with Crippen molar-refractivity contribution in [1.82, 2.24) is 0 Å². The minimum Gasteiger partial charge on any atom is -0.486 e. The number of methoxy groups -OCH3 is 1. The van der Waals surface area contributed by atoms with Crippen molar-refractivity contribution < 1.29 is 19.1 Å². The Kier molecular flexibility index (Phi) is 4.47. The first-order valence-electron chi connectivity index (χ1n) is 4.67. The number of nitrogens with two attached hydrogens (primary N) is 1. The van der Waals surface area contributed by atoms with Crippen molar-refractivity contribution in [3.05, 3.63) is 29.8 Å².